The van der Waals surface area contributed by atoms with Gasteiger partial charge in [-0.2, -0.15) is 0 Å². The van der Waals surface area contributed by atoms with Crippen LogP contribution in [0, 0.1) is 5.82 Å². The lowest BCUT2D eigenvalue weighted by Crippen LogP contribution is -2.18. The van der Waals surface area contributed by atoms with Crippen molar-refractivity contribution in [2.75, 3.05) is 18.9 Å². The zero-order valence-electron chi connectivity index (χ0n) is 12.4. The summed E-state index contributed by atoms with van der Waals surface area (Å²) in [6, 6.07) is 9.10. The van der Waals surface area contributed by atoms with E-state index in [2.05, 4.69) is 9.46 Å². The maximum Gasteiger partial charge on any atom is 0.339 e. The van der Waals surface area contributed by atoms with Crippen molar-refractivity contribution in [1.29, 1.82) is 0 Å². The van der Waals surface area contributed by atoms with Crippen molar-refractivity contribution in [3.63, 3.8) is 0 Å². The van der Waals surface area contributed by atoms with Crippen molar-refractivity contribution in [2.45, 2.75) is 4.90 Å². The molecule has 1 N–H and O–H groups in total. The van der Waals surface area contributed by atoms with Crippen LogP contribution in [0.15, 0.2) is 47.4 Å². The normalized spacial score (nSPS) is 10.9. The van der Waals surface area contributed by atoms with E-state index in [1.807, 2.05) is 0 Å². The molecule has 0 fully saturated rings. The predicted molar refractivity (Wildman–Crippen MR) is 81.5 cm³/mol. The second-order valence-corrected chi connectivity index (χ2v) is 6.09. The van der Waals surface area contributed by atoms with E-state index in [0.717, 1.165) is 25.3 Å². The molecule has 8 heteroatoms. The van der Waals surface area contributed by atoms with Crippen LogP contribution in [-0.4, -0.2) is 28.6 Å². The fraction of sp³-hybridized carbons (Fsp3) is 0.133. The molecule has 2 rings (SSSR count). The number of para-hydroxylation sites is 2. The minimum atomic E-state index is -4.23. The van der Waals surface area contributed by atoms with E-state index in [1.54, 1.807) is 18.2 Å². The molecule has 0 aliphatic heterocycles. The van der Waals surface area contributed by atoms with Crippen LogP contribution < -0.4 is 9.46 Å². The van der Waals surface area contributed by atoms with E-state index in [0.29, 0.717) is 0 Å². The second-order valence-electron chi connectivity index (χ2n) is 4.44. The highest BCUT2D eigenvalue weighted by molar-refractivity contribution is 7.92. The summed E-state index contributed by atoms with van der Waals surface area (Å²) >= 11 is 0. The largest absolute Gasteiger partial charge is 0.495 e. The Balaban J connectivity index is 2.52. The van der Waals surface area contributed by atoms with Gasteiger partial charge in [0.15, 0.2) is 0 Å². The van der Waals surface area contributed by atoms with Gasteiger partial charge in [-0.15, -0.1) is 0 Å². The molecule has 2 aromatic carbocycles. The van der Waals surface area contributed by atoms with Crippen molar-refractivity contribution < 1.29 is 27.1 Å². The summed E-state index contributed by atoms with van der Waals surface area (Å²) in [6.45, 7) is 0. The number of ether oxygens (including phenoxy) is 2. The standard InChI is InChI=1S/C15H14FNO5S/c1-21-13-6-4-3-5-12(13)17-23(19,20)14-9-10(16)7-8-11(14)15(18)22-2/h3-9,17H,1-2H3. The van der Waals surface area contributed by atoms with Crippen LogP contribution in [0.4, 0.5) is 10.1 Å². The SMILES string of the molecule is COC(=O)c1ccc(F)cc1S(=O)(=O)Nc1ccccc1OC. The fourth-order valence-corrected chi connectivity index (χ4v) is 3.20. The summed E-state index contributed by atoms with van der Waals surface area (Å²) in [5.74, 6) is -1.39. The van der Waals surface area contributed by atoms with Gasteiger partial charge >= 0.3 is 5.97 Å². The number of hydrogen-bond acceptors (Lipinski definition) is 5. The first-order valence-electron chi connectivity index (χ1n) is 6.42. The maximum absolute atomic E-state index is 13.5. The molecule has 0 unspecified atom stereocenters. The number of carbonyl (C=O) groups is 1. The van der Waals surface area contributed by atoms with E-state index in [4.69, 9.17) is 4.74 Å². The molecule has 0 amide bonds. The number of sulfonamides is 1. The second kappa shape index (κ2) is 6.66. The van der Waals surface area contributed by atoms with Gasteiger partial charge in [-0.25, -0.2) is 17.6 Å². The Morgan fingerprint density at radius 3 is 2.48 bits per heavy atom. The number of benzene rings is 2. The molecule has 0 aromatic heterocycles. The molecule has 0 saturated heterocycles. The van der Waals surface area contributed by atoms with Crippen molar-refractivity contribution in [3.8, 4) is 5.75 Å². The van der Waals surface area contributed by atoms with Crippen LogP contribution in [0.5, 0.6) is 5.75 Å². The first-order valence-corrected chi connectivity index (χ1v) is 7.91. The highest BCUT2D eigenvalue weighted by Crippen LogP contribution is 2.27. The summed E-state index contributed by atoms with van der Waals surface area (Å²) in [5, 5.41) is 0. The number of esters is 1. The number of hydrogen-bond donors (Lipinski definition) is 1. The number of anilines is 1. The average Bonchev–Trinajstić information content (AvgIpc) is 2.54. The Morgan fingerprint density at radius 2 is 1.83 bits per heavy atom. The van der Waals surface area contributed by atoms with Crippen LogP contribution in [0.1, 0.15) is 10.4 Å². The fourth-order valence-electron chi connectivity index (χ4n) is 1.93. The molecule has 122 valence electrons. The van der Waals surface area contributed by atoms with Gasteiger partial charge in [0.25, 0.3) is 10.0 Å². The van der Waals surface area contributed by atoms with Gasteiger partial charge < -0.3 is 9.47 Å². The predicted octanol–water partition coefficient (Wildman–Crippen LogP) is 2.42. The van der Waals surface area contributed by atoms with Crippen LogP contribution in [0.2, 0.25) is 0 Å². The van der Waals surface area contributed by atoms with Crippen LogP contribution in [0.25, 0.3) is 0 Å². The summed E-state index contributed by atoms with van der Waals surface area (Å²) in [7, 11) is -1.73. The zero-order chi connectivity index (χ0) is 17.0. The first-order chi connectivity index (χ1) is 10.9. The molecular weight excluding hydrogens is 325 g/mol. The zero-order valence-corrected chi connectivity index (χ0v) is 13.2. The van der Waals surface area contributed by atoms with E-state index in [9.17, 15) is 17.6 Å². The first kappa shape index (κ1) is 16.8. The van der Waals surface area contributed by atoms with Gasteiger partial charge in [-0.1, -0.05) is 12.1 Å². The molecule has 2 aromatic rings. The molecule has 0 saturated carbocycles. The van der Waals surface area contributed by atoms with Crippen LogP contribution in [-0.2, 0) is 14.8 Å². The van der Waals surface area contributed by atoms with E-state index in [-0.39, 0.29) is 17.0 Å². The molecule has 0 aliphatic carbocycles. The summed E-state index contributed by atoms with van der Waals surface area (Å²) in [5.41, 5.74) is -0.105. The molecule has 0 aliphatic rings. The lowest BCUT2D eigenvalue weighted by atomic mass is 10.2. The van der Waals surface area contributed by atoms with Gasteiger partial charge in [0.1, 0.15) is 16.5 Å². The minimum Gasteiger partial charge on any atom is -0.495 e. The molecule has 6 nitrogen and oxygen atoms in total. The van der Waals surface area contributed by atoms with E-state index in [1.165, 1.54) is 13.2 Å². The highest BCUT2D eigenvalue weighted by atomic mass is 32.2. The summed E-state index contributed by atoms with van der Waals surface area (Å²) in [6.07, 6.45) is 0. The number of carbonyl (C=O) groups excluding carboxylic acids is 1. The third kappa shape index (κ3) is 3.59. The monoisotopic (exact) mass is 339 g/mol. The van der Waals surface area contributed by atoms with Crippen molar-refractivity contribution in [1.82, 2.24) is 0 Å². The Hall–Kier alpha value is -2.61. The van der Waals surface area contributed by atoms with Crippen molar-refractivity contribution >= 4 is 21.7 Å². The lowest BCUT2D eigenvalue weighted by Gasteiger charge is -2.13. The van der Waals surface area contributed by atoms with Gasteiger partial charge in [-0.05, 0) is 30.3 Å². The maximum atomic E-state index is 13.5. The Bertz CT molecular complexity index is 836. The molecule has 0 heterocycles. The van der Waals surface area contributed by atoms with E-state index < -0.39 is 26.7 Å². The Kier molecular flexibility index (Phi) is 4.85. The van der Waals surface area contributed by atoms with Crippen LogP contribution >= 0.6 is 0 Å². The van der Waals surface area contributed by atoms with Gasteiger partial charge in [0.2, 0.25) is 0 Å². The summed E-state index contributed by atoms with van der Waals surface area (Å²) in [4.78, 5) is 11.2. The molecule has 0 atom stereocenters. The Morgan fingerprint density at radius 1 is 1.13 bits per heavy atom. The number of rotatable bonds is 5. The molecule has 0 bridgehead atoms. The molecule has 0 spiro atoms. The van der Waals surface area contributed by atoms with Gasteiger partial charge in [0, 0.05) is 0 Å². The smallest absolute Gasteiger partial charge is 0.339 e. The average molecular weight is 339 g/mol. The third-order valence-electron chi connectivity index (χ3n) is 2.99. The van der Waals surface area contributed by atoms with Gasteiger partial charge in [0.05, 0.1) is 25.5 Å². The minimum absolute atomic E-state index is 0.162. The molecule has 23 heavy (non-hydrogen) atoms. The highest BCUT2D eigenvalue weighted by Gasteiger charge is 2.25. The number of halogens is 1. The lowest BCUT2D eigenvalue weighted by molar-refractivity contribution is 0.0596. The van der Waals surface area contributed by atoms with Crippen molar-refractivity contribution in [3.05, 3.63) is 53.8 Å². The van der Waals surface area contributed by atoms with Crippen molar-refractivity contribution in [2.24, 2.45) is 0 Å². The quantitative estimate of drug-likeness (QED) is 0.846. The van der Waals surface area contributed by atoms with Crippen LogP contribution in [0.3, 0.4) is 0 Å². The Labute approximate surface area is 132 Å². The molecular formula is C15H14FNO5S. The van der Waals surface area contributed by atoms with Gasteiger partial charge in [-0.3, -0.25) is 4.72 Å². The summed E-state index contributed by atoms with van der Waals surface area (Å²) < 4.78 is 50.4. The third-order valence-corrected chi connectivity index (χ3v) is 4.40. The topological polar surface area (TPSA) is 81.7 Å². The molecule has 0 radical (unpaired) electrons. The van der Waals surface area contributed by atoms with E-state index >= 15 is 0 Å². The number of methoxy groups -OCH3 is 2. The number of nitrogens with one attached hydrogen (secondary N) is 1.